The molecule has 38 heavy (non-hydrogen) atoms. The molecule has 1 saturated heterocycles. The van der Waals surface area contributed by atoms with Gasteiger partial charge in [-0.15, -0.1) is 0 Å². The third kappa shape index (κ3) is 6.05. The van der Waals surface area contributed by atoms with E-state index in [1.54, 1.807) is 18.2 Å². The van der Waals surface area contributed by atoms with Crippen LogP contribution in [0.15, 0.2) is 82.3 Å². The molecule has 0 amide bonds. The molecule has 3 aromatic carbocycles. The second kappa shape index (κ2) is 11.3. The van der Waals surface area contributed by atoms with E-state index in [0.29, 0.717) is 39.3 Å². The number of sulfonamides is 1. The number of aromatic nitrogens is 2. The van der Waals surface area contributed by atoms with Crippen LogP contribution in [0.4, 0.5) is 0 Å². The van der Waals surface area contributed by atoms with Crippen molar-refractivity contribution in [3.8, 4) is 11.3 Å². The Morgan fingerprint density at radius 1 is 0.868 bits per heavy atom. The molecule has 0 N–H and O–H groups in total. The van der Waals surface area contributed by atoms with E-state index in [1.807, 2.05) is 4.68 Å². The number of aryl methyl sites for hydroxylation is 2. The van der Waals surface area contributed by atoms with Crippen LogP contribution in [-0.4, -0.2) is 53.6 Å². The van der Waals surface area contributed by atoms with Gasteiger partial charge in [-0.2, -0.15) is 9.40 Å². The first kappa shape index (κ1) is 27.1. The van der Waals surface area contributed by atoms with Gasteiger partial charge in [-0.3, -0.25) is 9.58 Å². The Bertz CT molecular complexity index is 1530. The number of hydrogen-bond acceptors (Lipinski definition) is 4. The summed E-state index contributed by atoms with van der Waals surface area (Å²) < 4.78 is 30.8. The summed E-state index contributed by atoms with van der Waals surface area (Å²) in [6.45, 7) is 7.63. The van der Waals surface area contributed by atoms with Crippen molar-refractivity contribution in [1.82, 2.24) is 19.0 Å². The number of nitrogens with zero attached hydrogens (tertiary/aromatic N) is 4. The fourth-order valence-electron chi connectivity index (χ4n) is 4.69. The van der Waals surface area contributed by atoms with Gasteiger partial charge in [-0.05, 0) is 37.6 Å². The summed E-state index contributed by atoms with van der Waals surface area (Å²) in [6, 6.07) is 21.8. The highest BCUT2D eigenvalue weighted by Gasteiger charge is 2.30. The second-order valence-electron chi connectivity index (χ2n) is 9.81. The lowest BCUT2D eigenvalue weighted by Crippen LogP contribution is -2.48. The summed E-state index contributed by atoms with van der Waals surface area (Å²) >= 11 is 9.61. The summed E-state index contributed by atoms with van der Waals surface area (Å²) in [5, 5.41) is 5.20. The number of piperazine rings is 1. The summed E-state index contributed by atoms with van der Waals surface area (Å²) in [5.74, 6) is 0. The molecule has 0 atom stereocenters. The van der Waals surface area contributed by atoms with Crippen LogP contribution in [0.1, 0.15) is 22.3 Å². The normalized spacial score (nSPS) is 15.2. The summed E-state index contributed by atoms with van der Waals surface area (Å²) in [6.07, 6.45) is 2.12. The smallest absolute Gasteiger partial charge is 0.244 e. The van der Waals surface area contributed by atoms with Crippen LogP contribution in [0.5, 0.6) is 0 Å². The SMILES string of the molecule is Cc1ccc(Cn2cc(CN3CCN(S(=O)(=O)c4ccc(Br)cc4Cl)CC3)c(-c3ccc(C)cc3)n2)cc1. The van der Waals surface area contributed by atoms with Crippen molar-refractivity contribution in [1.29, 1.82) is 0 Å². The van der Waals surface area contributed by atoms with Crippen molar-refractivity contribution in [3.63, 3.8) is 0 Å². The lowest BCUT2D eigenvalue weighted by molar-refractivity contribution is 0.182. The zero-order chi connectivity index (χ0) is 26.9. The molecule has 0 radical (unpaired) electrons. The molecule has 6 nitrogen and oxygen atoms in total. The van der Waals surface area contributed by atoms with E-state index < -0.39 is 10.0 Å². The fraction of sp³-hybridized carbons (Fsp3) is 0.276. The molecule has 4 aromatic rings. The molecule has 0 aliphatic carbocycles. The van der Waals surface area contributed by atoms with Crippen molar-refractivity contribution >= 4 is 37.6 Å². The molecular formula is C29H30BrClN4O2S. The Kier molecular flexibility index (Phi) is 8.07. The van der Waals surface area contributed by atoms with Gasteiger partial charge in [0.15, 0.2) is 0 Å². The van der Waals surface area contributed by atoms with E-state index in [1.165, 1.54) is 21.0 Å². The van der Waals surface area contributed by atoms with E-state index in [9.17, 15) is 8.42 Å². The summed E-state index contributed by atoms with van der Waals surface area (Å²) in [4.78, 5) is 2.44. The largest absolute Gasteiger partial charge is 0.296 e. The Labute approximate surface area is 238 Å². The van der Waals surface area contributed by atoms with Crippen LogP contribution >= 0.6 is 27.5 Å². The van der Waals surface area contributed by atoms with Crippen molar-refractivity contribution in [2.75, 3.05) is 26.2 Å². The predicted octanol–water partition coefficient (Wildman–Crippen LogP) is 6.14. The minimum Gasteiger partial charge on any atom is -0.296 e. The Hall–Kier alpha value is -2.49. The highest BCUT2D eigenvalue weighted by atomic mass is 79.9. The molecule has 1 aliphatic rings. The third-order valence-corrected chi connectivity index (χ3v) is 9.74. The van der Waals surface area contributed by atoms with Crippen molar-refractivity contribution in [2.45, 2.75) is 31.8 Å². The quantitative estimate of drug-likeness (QED) is 0.251. The molecule has 9 heteroatoms. The van der Waals surface area contributed by atoms with Gasteiger partial charge in [0.05, 0.1) is 17.3 Å². The molecule has 0 bridgehead atoms. The monoisotopic (exact) mass is 612 g/mol. The highest BCUT2D eigenvalue weighted by molar-refractivity contribution is 9.10. The van der Waals surface area contributed by atoms with Crippen LogP contribution in [0.3, 0.4) is 0 Å². The van der Waals surface area contributed by atoms with Crippen LogP contribution in [0.2, 0.25) is 5.02 Å². The molecule has 2 heterocycles. The standard InChI is InChI=1S/C29H30BrClN4O2S/c1-21-3-7-23(8-4-21)18-34-20-25(29(32-34)24-9-5-22(2)6-10-24)19-33-13-15-35(16-14-33)38(36,37)28-12-11-26(30)17-27(28)31/h3-12,17,20H,13-16,18-19H2,1-2H3. The van der Waals surface area contributed by atoms with Crippen LogP contribution < -0.4 is 0 Å². The molecule has 0 saturated carbocycles. The zero-order valence-electron chi connectivity index (χ0n) is 21.4. The maximum absolute atomic E-state index is 13.2. The zero-order valence-corrected chi connectivity index (χ0v) is 24.6. The Balaban J connectivity index is 1.33. The van der Waals surface area contributed by atoms with Crippen molar-refractivity contribution in [2.24, 2.45) is 0 Å². The number of hydrogen-bond donors (Lipinski definition) is 0. The summed E-state index contributed by atoms with van der Waals surface area (Å²) in [7, 11) is -3.66. The van der Waals surface area contributed by atoms with Gasteiger partial charge in [-0.1, -0.05) is 87.2 Å². The molecule has 5 rings (SSSR count). The maximum Gasteiger partial charge on any atom is 0.244 e. The lowest BCUT2D eigenvalue weighted by Gasteiger charge is -2.34. The number of halogens is 2. The van der Waals surface area contributed by atoms with Gasteiger partial charge >= 0.3 is 0 Å². The third-order valence-electron chi connectivity index (χ3n) is 6.86. The topological polar surface area (TPSA) is 58.4 Å². The van der Waals surface area contributed by atoms with Gasteiger partial charge in [0.1, 0.15) is 4.90 Å². The minimum absolute atomic E-state index is 0.148. The molecule has 1 fully saturated rings. The van der Waals surface area contributed by atoms with Crippen LogP contribution in [0.25, 0.3) is 11.3 Å². The van der Waals surface area contributed by atoms with Gasteiger partial charge in [0.25, 0.3) is 0 Å². The average Bonchev–Trinajstić information content (AvgIpc) is 3.28. The van der Waals surface area contributed by atoms with Gasteiger partial charge in [-0.25, -0.2) is 8.42 Å². The average molecular weight is 614 g/mol. The first-order chi connectivity index (χ1) is 18.2. The first-order valence-electron chi connectivity index (χ1n) is 12.6. The molecular weight excluding hydrogens is 584 g/mol. The predicted molar refractivity (Wildman–Crippen MR) is 156 cm³/mol. The molecule has 198 valence electrons. The second-order valence-corrected chi connectivity index (χ2v) is 13.0. The Morgan fingerprint density at radius 3 is 2.13 bits per heavy atom. The van der Waals surface area contributed by atoms with Crippen LogP contribution in [0, 0.1) is 13.8 Å². The fourth-order valence-corrected chi connectivity index (χ4v) is 7.12. The van der Waals surface area contributed by atoms with E-state index in [-0.39, 0.29) is 9.92 Å². The Morgan fingerprint density at radius 2 is 1.50 bits per heavy atom. The van der Waals surface area contributed by atoms with Gasteiger partial charge < -0.3 is 0 Å². The number of rotatable bonds is 7. The first-order valence-corrected chi connectivity index (χ1v) is 15.2. The maximum atomic E-state index is 13.2. The summed E-state index contributed by atoms with van der Waals surface area (Å²) in [5.41, 5.74) is 6.82. The molecule has 0 unspecified atom stereocenters. The van der Waals surface area contributed by atoms with Gasteiger partial charge in [0.2, 0.25) is 10.0 Å². The van der Waals surface area contributed by atoms with Gasteiger partial charge in [0, 0.05) is 54.5 Å². The number of benzene rings is 3. The molecule has 1 aromatic heterocycles. The molecule has 0 spiro atoms. The highest BCUT2D eigenvalue weighted by Crippen LogP contribution is 2.29. The minimum atomic E-state index is -3.66. The van der Waals surface area contributed by atoms with Crippen LogP contribution in [-0.2, 0) is 23.1 Å². The van der Waals surface area contributed by atoms with E-state index in [4.69, 9.17) is 16.7 Å². The van der Waals surface area contributed by atoms with E-state index >= 15 is 0 Å². The van der Waals surface area contributed by atoms with E-state index in [0.717, 1.165) is 21.3 Å². The lowest BCUT2D eigenvalue weighted by atomic mass is 10.1. The molecule has 1 aliphatic heterocycles. The van der Waals surface area contributed by atoms with E-state index in [2.05, 4.69) is 89.4 Å². The van der Waals surface area contributed by atoms with Crippen molar-refractivity contribution < 1.29 is 8.42 Å². The van der Waals surface area contributed by atoms with Crippen molar-refractivity contribution in [3.05, 3.63) is 105 Å².